The van der Waals surface area contributed by atoms with Gasteiger partial charge in [-0.2, -0.15) is 0 Å². The predicted octanol–water partition coefficient (Wildman–Crippen LogP) is 2.46. The Morgan fingerprint density at radius 1 is 1.07 bits per heavy atom. The number of benzene rings is 2. The summed E-state index contributed by atoms with van der Waals surface area (Å²) in [6.45, 7) is 4.20. The number of amides is 1. The number of ketones is 1. The van der Waals surface area contributed by atoms with Gasteiger partial charge >= 0.3 is 6.09 Å². The molecule has 2 aromatic rings. The topological polar surface area (TPSA) is 111 Å². The van der Waals surface area contributed by atoms with Gasteiger partial charge in [0.25, 0.3) is 0 Å². The third-order valence-electron chi connectivity index (χ3n) is 4.11. The number of hydrogen-bond acceptors (Lipinski definition) is 6. The number of phenolic OH excluding ortho intramolecular Hbond substituents is 1. The highest BCUT2D eigenvalue weighted by Gasteiger charge is 2.14. The van der Waals surface area contributed by atoms with Gasteiger partial charge < -0.3 is 25.6 Å². The average Bonchev–Trinajstić information content (AvgIpc) is 2.73. The fourth-order valence-corrected chi connectivity index (χ4v) is 2.49. The minimum atomic E-state index is -0.658. The molecular formula is C22H26N2O5. The van der Waals surface area contributed by atoms with Crippen LogP contribution in [0.1, 0.15) is 16.7 Å². The maximum Gasteiger partial charge on any atom is 0.407 e. The molecule has 7 heteroatoms. The van der Waals surface area contributed by atoms with Crippen LogP contribution in [0.5, 0.6) is 5.75 Å². The Morgan fingerprint density at radius 2 is 1.69 bits per heavy atom. The van der Waals surface area contributed by atoms with Crippen LogP contribution in [0.25, 0.3) is 0 Å². The number of ether oxygens (including phenoxy) is 2. The lowest BCUT2D eigenvalue weighted by molar-refractivity contribution is -0.125. The molecule has 7 nitrogen and oxygen atoms in total. The van der Waals surface area contributed by atoms with E-state index in [-0.39, 0.29) is 31.4 Å². The van der Waals surface area contributed by atoms with Crippen LogP contribution in [0.4, 0.5) is 4.79 Å². The van der Waals surface area contributed by atoms with Crippen molar-refractivity contribution in [3.8, 4) is 5.75 Å². The summed E-state index contributed by atoms with van der Waals surface area (Å²) in [5.41, 5.74) is 8.63. The number of hydrogen-bond donors (Lipinski definition) is 3. The van der Waals surface area contributed by atoms with Crippen LogP contribution in [0.2, 0.25) is 0 Å². The monoisotopic (exact) mass is 398 g/mol. The Balaban J connectivity index is 1.69. The van der Waals surface area contributed by atoms with Gasteiger partial charge in [0, 0.05) is 6.54 Å². The Labute approximate surface area is 170 Å². The molecule has 2 aromatic carbocycles. The molecule has 29 heavy (non-hydrogen) atoms. The van der Waals surface area contributed by atoms with Crippen molar-refractivity contribution in [1.29, 1.82) is 0 Å². The molecule has 0 fully saturated rings. The maximum absolute atomic E-state index is 12.1. The average molecular weight is 398 g/mol. The highest BCUT2D eigenvalue weighted by atomic mass is 16.5. The van der Waals surface area contributed by atoms with E-state index in [1.165, 1.54) is 6.08 Å². The van der Waals surface area contributed by atoms with Gasteiger partial charge in [0.1, 0.15) is 19.0 Å². The second kappa shape index (κ2) is 11.6. The number of Topliss-reactive ketones (excluding diaryl/α,β-unsaturated/α-hetero) is 1. The molecular weight excluding hydrogens is 372 g/mol. The largest absolute Gasteiger partial charge is 0.508 e. The van der Waals surface area contributed by atoms with Gasteiger partial charge in [0.2, 0.25) is 0 Å². The zero-order valence-corrected chi connectivity index (χ0v) is 16.2. The molecule has 0 aliphatic carbocycles. The third kappa shape index (κ3) is 8.16. The molecule has 0 unspecified atom stereocenters. The Bertz CT molecular complexity index is 803. The highest BCUT2D eigenvalue weighted by molar-refractivity contribution is 5.85. The van der Waals surface area contributed by atoms with E-state index in [0.717, 1.165) is 16.7 Å². The Hall–Kier alpha value is -3.16. The van der Waals surface area contributed by atoms with E-state index in [1.807, 2.05) is 24.3 Å². The summed E-state index contributed by atoms with van der Waals surface area (Å²) in [4.78, 5) is 23.5. The molecule has 0 aromatic heterocycles. The van der Waals surface area contributed by atoms with Gasteiger partial charge in [-0.3, -0.25) is 4.79 Å². The van der Waals surface area contributed by atoms with Crippen molar-refractivity contribution in [3.63, 3.8) is 0 Å². The molecule has 0 aliphatic heterocycles. The lowest BCUT2D eigenvalue weighted by atomic mass is 10.0. The van der Waals surface area contributed by atoms with Crippen molar-refractivity contribution in [3.05, 3.63) is 77.9 Å². The molecule has 0 saturated heterocycles. The molecule has 1 amide bonds. The minimum absolute atomic E-state index is 0.0717. The van der Waals surface area contributed by atoms with Gasteiger partial charge in [-0.1, -0.05) is 49.1 Å². The SMILES string of the molecule is C=CCOC(=O)NCc1ccc(COCC(=O)[C@H](N)Cc2ccc(O)cc2)cc1. The van der Waals surface area contributed by atoms with Crippen LogP contribution in [0.15, 0.2) is 61.2 Å². The number of carbonyl (C=O) groups excluding carboxylic acids is 2. The van der Waals surface area contributed by atoms with E-state index in [2.05, 4.69) is 11.9 Å². The van der Waals surface area contributed by atoms with E-state index in [4.69, 9.17) is 15.2 Å². The summed E-state index contributed by atoms with van der Waals surface area (Å²) in [6.07, 6.45) is 1.39. The molecule has 0 bridgehead atoms. The van der Waals surface area contributed by atoms with Crippen LogP contribution < -0.4 is 11.1 Å². The summed E-state index contributed by atoms with van der Waals surface area (Å²) >= 11 is 0. The summed E-state index contributed by atoms with van der Waals surface area (Å²) in [7, 11) is 0. The van der Waals surface area contributed by atoms with Crippen molar-refractivity contribution in [2.24, 2.45) is 5.73 Å². The highest BCUT2D eigenvalue weighted by Crippen LogP contribution is 2.11. The first kappa shape index (κ1) is 22.1. The van der Waals surface area contributed by atoms with Crippen LogP contribution in [-0.2, 0) is 33.8 Å². The van der Waals surface area contributed by atoms with Crippen molar-refractivity contribution in [2.45, 2.75) is 25.6 Å². The molecule has 154 valence electrons. The summed E-state index contributed by atoms with van der Waals surface area (Å²) in [6, 6.07) is 13.4. The molecule has 2 rings (SSSR count). The van der Waals surface area contributed by atoms with Crippen molar-refractivity contribution < 1.29 is 24.2 Å². The lowest BCUT2D eigenvalue weighted by Crippen LogP contribution is -2.35. The number of nitrogens with two attached hydrogens (primary N) is 1. The molecule has 0 heterocycles. The van der Waals surface area contributed by atoms with E-state index < -0.39 is 12.1 Å². The molecule has 4 N–H and O–H groups in total. The first-order valence-corrected chi connectivity index (χ1v) is 9.21. The van der Waals surface area contributed by atoms with Crippen LogP contribution in [-0.4, -0.2) is 36.2 Å². The van der Waals surface area contributed by atoms with E-state index in [1.54, 1.807) is 24.3 Å². The minimum Gasteiger partial charge on any atom is -0.508 e. The first-order valence-electron chi connectivity index (χ1n) is 9.21. The normalized spacial score (nSPS) is 11.5. The van der Waals surface area contributed by atoms with Crippen LogP contribution in [0, 0.1) is 0 Å². The summed E-state index contributed by atoms with van der Waals surface area (Å²) in [5.74, 6) is -0.0108. The standard InChI is InChI=1S/C22H26N2O5/c1-2-11-29-22(27)24-13-17-3-5-18(6-4-17)14-28-15-21(26)20(23)12-16-7-9-19(25)10-8-16/h2-10,20,25H,1,11-15,23H2,(H,24,27)/t20-/m1/s1. The quantitative estimate of drug-likeness (QED) is 0.502. The zero-order valence-electron chi connectivity index (χ0n) is 16.2. The van der Waals surface area contributed by atoms with Gasteiger partial charge in [-0.15, -0.1) is 0 Å². The number of alkyl carbamates (subject to hydrolysis) is 1. The fourth-order valence-electron chi connectivity index (χ4n) is 2.49. The number of carbonyl (C=O) groups is 2. The smallest absolute Gasteiger partial charge is 0.407 e. The lowest BCUT2D eigenvalue weighted by Gasteiger charge is -2.11. The number of aromatic hydroxyl groups is 1. The van der Waals surface area contributed by atoms with Crippen LogP contribution >= 0.6 is 0 Å². The first-order chi connectivity index (χ1) is 14.0. The predicted molar refractivity (Wildman–Crippen MR) is 109 cm³/mol. The van der Waals surface area contributed by atoms with Gasteiger partial charge in [-0.25, -0.2) is 4.79 Å². The van der Waals surface area contributed by atoms with Gasteiger partial charge in [0.15, 0.2) is 5.78 Å². The summed E-state index contributed by atoms with van der Waals surface area (Å²) < 4.78 is 10.3. The van der Waals surface area contributed by atoms with Crippen LogP contribution in [0.3, 0.4) is 0 Å². The van der Waals surface area contributed by atoms with E-state index in [0.29, 0.717) is 13.0 Å². The fraction of sp³-hybridized carbons (Fsp3) is 0.273. The van der Waals surface area contributed by atoms with Gasteiger partial charge in [-0.05, 0) is 35.2 Å². The van der Waals surface area contributed by atoms with E-state index in [9.17, 15) is 14.7 Å². The number of rotatable bonds is 11. The second-order valence-electron chi connectivity index (χ2n) is 6.49. The Kier molecular flexibility index (Phi) is 8.88. The molecule has 1 atom stereocenters. The number of phenols is 1. The zero-order chi connectivity index (χ0) is 21.1. The van der Waals surface area contributed by atoms with Gasteiger partial charge in [0.05, 0.1) is 12.6 Å². The van der Waals surface area contributed by atoms with Crippen molar-refractivity contribution in [2.75, 3.05) is 13.2 Å². The number of nitrogens with one attached hydrogen (secondary N) is 1. The molecule has 0 aliphatic rings. The van der Waals surface area contributed by atoms with Crippen molar-refractivity contribution in [1.82, 2.24) is 5.32 Å². The molecule has 0 spiro atoms. The maximum atomic E-state index is 12.1. The van der Waals surface area contributed by atoms with E-state index >= 15 is 0 Å². The molecule has 0 saturated carbocycles. The molecule has 0 radical (unpaired) electrons. The Morgan fingerprint density at radius 3 is 2.34 bits per heavy atom. The summed E-state index contributed by atoms with van der Waals surface area (Å²) in [5, 5.41) is 11.9. The third-order valence-corrected chi connectivity index (χ3v) is 4.11. The van der Waals surface area contributed by atoms with Crippen molar-refractivity contribution >= 4 is 11.9 Å². The second-order valence-corrected chi connectivity index (χ2v) is 6.49.